The maximum atomic E-state index is 12.0. The molecule has 0 bridgehead atoms. The molecular formula is C26H26BrNO3. The zero-order chi connectivity index (χ0) is 21.6. The first kappa shape index (κ1) is 21.6. The number of rotatable bonds is 7. The van der Waals surface area contributed by atoms with Crippen LogP contribution in [0.15, 0.2) is 83.3 Å². The lowest BCUT2D eigenvalue weighted by molar-refractivity contribution is -0.145. The molecule has 1 aliphatic heterocycles. The molecule has 160 valence electrons. The normalized spacial score (nSPS) is 17.8. The number of piperidine rings is 1. The summed E-state index contributed by atoms with van der Waals surface area (Å²) in [6.45, 7) is 1.28. The molecule has 4 rings (SSSR count). The van der Waals surface area contributed by atoms with Gasteiger partial charge in [-0.1, -0.05) is 76.9 Å². The van der Waals surface area contributed by atoms with Crippen molar-refractivity contribution in [2.24, 2.45) is 0 Å². The van der Waals surface area contributed by atoms with Crippen molar-refractivity contribution < 1.29 is 14.6 Å². The second-order valence-electron chi connectivity index (χ2n) is 7.89. The van der Waals surface area contributed by atoms with E-state index in [1.807, 2.05) is 54.6 Å². The lowest BCUT2D eigenvalue weighted by Gasteiger charge is -2.39. The van der Waals surface area contributed by atoms with Crippen molar-refractivity contribution in [1.29, 1.82) is 0 Å². The molecule has 3 aromatic carbocycles. The summed E-state index contributed by atoms with van der Waals surface area (Å²) in [5.74, 6) is 0.0523. The van der Waals surface area contributed by atoms with Crippen molar-refractivity contribution in [2.45, 2.75) is 38.0 Å². The Morgan fingerprint density at radius 1 is 1.00 bits per heavy atom. The van der Waals surface area contributed by atoms with Crippen molar-refractivity contribution >= 4 is 21.9 Å². The van der Waals surface area contributed by atoms with E-state index < -0.39 is 12.0 Å². The maximum absolute atomic E-state index is 12.0. The lowest BCUT2D eigenvalue weighted by atomic mass is 9.91. The molecule has 31 heavy (non-hydrogen) atoms. The van der Waals surface area contributed by atoms with E-state index in [4.69, 9.17) is 4.74 Å². The summed E-state index contributed by atoms with van der Waals surface area (Å²) in [5, 5.41) is 9.86. The van der Waals surface area contributed by atoms with E-state index in [9.17, 15) is 9.90 Å². The highest BCUT2D eigenvalue weighted by Gasteiger charge is 2.35. The predicted molar refractivity (Wildman–Crippen MR) is 125 cm³/mol. The fraction of sp³-hybridized carbons (Fsp3) is 0.269. The van der Waals surface area contributed by atoms with Crippen LogP contribution in [0.2, 0.25) is 0 Å². The van der Waals surface area contributed by atoms with Crippen LogP contribution < -0.4 is 4.74 Å². The summed E-state index contributed by atoms with van der Waals surface area (Å²) in [7, 11) is 0. The van der Waals surface area contributed by atoms with Gasteiger partial charge in [-0.05, 0) is 60.3 Å². The smallest absolute Gasteiger partial charge is 0.320 e. The number of benzene rings is 3. The maximum Gasteiger partial charge on any atom is 0.320 e. The summed E-state index contributed by atoms with van der Waals surface area (Å²) in [6.07, 6.45) is 2.63. The van der Waals surface area contributed by atoms with E-state index in [0.29, 0.717) is 13.0 Å². The van der Waals surface area contributed by atoms with Crippen molar-refractivity contribution in [2.75, 3.05) is 6.54 Å². The summed E-state index contributed by atoms with van der Waals surface area (Å²) in [5.41, 5.74) is 3.27. The van der Waals surface area contributed by atoms with Gasteiger partial charge in [0.15, 0.2) is 0 Å². The SMILES string of the molecule is O=C(O)C1CCCCN1C(c1ccc(OCc2ccccc2)cc1)c1cccc(Br)c1. The Labute approximate surface area is 191 Å². The molecule has 2 atom stereocenters. The number of carboxylic acids is 1. The lowest BCUT2D eigenvalue weighted by Crippen LogP contribution is -2.46. The number of hydrogen-bond donors (Lipinski definition) is 1. The summed E-state index contributed by atoms with van der Waals surface area (Å²) < 4.78 is 6.93. The summed E-state index contributed by atoms with van der Waals surface area (Å²) >= 11 is 3.57. The van der Waals surface area contributed by atoms with Gasteiger partial charge in [-0.3, -0.25) is 9.69 Å². The standard InChI is InChI=1S/C26H26BrNO3/c27-22-10-6-9-21(17-22)25(28-16-5-4-11-24(28)26(29)30)20-12-14-23(15-13-20)31-18-19-7-2-1-3-8-19/h1-3,6-10,12-15,17,24-25H,4-5,11,16,18H2,(H,29,30). The minimum Gasteiger partial charge on any atom is -0.489 e. The fourth-order valence-corrected chi connectivity index (χ4v) is 4.68. The molecule has 0 aromatic heterocycles. The molecule has 0 aliphatic carbocycles. The molecule has 1 N–H and O–H groups in total. The van der Waals surface area contributed by atoms with Crippen LogP contribution in [-0.2, 0) is 11.4 Å². The Hall–Kier alpha value is -2.63. The average Bonchev–Trinajstić information content (AvgIpc) is 2.80. The zero-order valence-electron chi connectivity index (χ0n) is 17.3. The Morgan fingerprint density at radius 3 is 2.48 bits per heavy atom. The van der Waals surface area contributed by atoms with Crippen LogP contribution in [0.5, 0.6) is 5.75 Å². The highest BCUT2D eigenvalue weighted by molar-refractivity contribution is 9.10. The second-order valence-corrected chi connectivity index (χ2v) is 8.80. The average molecular weight is 480 g/mol. The third-order valence-corrected chi connectivity index (χ3v) is 6.26. The van der Waals surface area contributed by atoms with Crippen molar-refractivity contribution in [3.05, 3.63) is 100 Å². The fourth-order valence-electron chi connectivity index (χ4n) is 4.27. The van der Waals surface area contributed by atoms with E-state index in [1.165, 1.54) is 0 Å². The third kappa shape index (κ3) is 5.35. The molecule has 0 saturated carbocycles. The molecule has 1 heterocycles. The van der Waals surface area contributed by atoms with Crippen LogP contribution in [0.3, 0.4) is 0 Å². The van der Waals surface area contributed by atoms with Crippen LogP contribution in [0.25, 0.3) is 0 Å². The van der Waals surface area contributed by atoms with Gasteiger partial charge in [0.1, 0.15) is 18.4 Å². The Morgan fingerprint density at radius 2 is 1.77 bits per heavy atom. The number of nitrogens with zero attached hydrogens (tertiary/aromatic N) is 1. The highest BCUT2D eigenvalue weighted by Crippen LogP contribution is 2.36. The molecule has 1 fully saturated rings. The molecule has 2 unspecified atom stereocenters. The zero-order valence-corrected chi connectivity index (χ0v) is 18.9. The van der Waals surface area contributed by atoms with Gasteiger partial charge in [-0.25, -0.2) is 0 Å². The first-order valence-electron chi connectivity index (χ1n) is 10.6. The Balaban J connectivity index is 1.61. The van der Waals surface area contributed by atoms with Crippen molar-refractivity contribution in [1.82, 2.24) is 4.90 Å². The largest absolute Gasteiger partial charge is 0.489 e. The van der Waals surface area contributed by atoms with Crippen LogP contribution in [0, 0.1) is 0 Å². The number of halogens is 1. The van der Waals surface area contributed by atoms with Crippen LogP contribution in [0.4, 0.5) is 0 Å². The Bertz CT molecular complexity index is 1010. The van der Waals surface area contributed by atoms with Crippen molar-refractivity contribution in [3.8, 4) is 5.75 Å². The van der Waals surface area contributed by atoms with Gasteiger partial charge in [0.25, 0.3) is 0 Å². The molecule has 5 heteroatoms. The van der Waals surface area contributed by atoms with Gasteiger partial charge < -0.3 is 9.84 Å². The second kappa shape index (κ2) is 10.1. The third-order valence-electron chi connectivity index (χ3n) is 5.77. The molecule has 1 saturated heterocycles. The van der Waals surface area contributed by atoms with E-state index in [0.717, 1.165) is 46.3 Å². The van der Waals surface area contributed by atoms with Crippen molar-refractivity contribution in [3.63, 3.8) is 0 Å². The first-order valence-corrected chi connectivity index (χ1v) is 11.4. The minimum atomic E-state index is -0.748. The number of ether oxygens (including phenoxy) is 1. The monoisotopic (exact) mass is 479 g/mol. The topological polar surface area (TPSA) is 49.8 Å². The molecule has 0 radical (unpaired) electrons. The van der Waals surface area contributed by atoms with E-state index in [1.54, 1.807) is 0 Å². The Kier molecular flexibility index (Phi) is 7.05. The molecule has 4 nitrogen and oxygen atoms in total. The molecular weight excluding hydrogens is 454 g/mol. The molecule has 3 aromatic rings. The van der Waals surface area contributed by atoms with E-state index in [-0.39, 0.29) is 6.04 Å². The van der Waals surface area contributed by atoms with Crippen LogP contribution >= 0.6 is 15.9 Å². The van der Waals surface area contributed by atoms with Gasteiger partial charge in [0.2, 0.25) is 0 Å². The highest BCUT2D eigenvalue weighted by atomic mass is 79.9. The minimum absolute atomic E-state index is 0.123. The number of likely N-dealkylation sites (tertiary alicyclic amines) is 1. The van der Waals surface area contributed by atoms with Gasteiger partial charge in [0, 0.05) is 4.47 Å². The predicted octanol–water partition coefficient (Wildman–Crippen LogP) is 6.06. The number of aliphatic carboxylic acids is 1. The van der Waals surface area contributed by atoms with E-state index in [2.05, 4.69) is 45.1 Å². The quantitative estimate of drug-likeness (QED) is 0.447. The van der Waals surface area contributed by atoms with Gasteiger partial charge in [-0.15, -0.1) is 0 Å². The molecule has 0 amide bonds. The number of carbonyl (C=O) groups is 1. The number of hydrogen-bond acceptors (Lipinski definition) is 3. The van der Waals surface area contributed by atoms with Crippen LogP contribution in [-0.4, -0.2) is 28.6 Å². The summed E-state index contributed by atoms with van der Waals surface area (Å²) in [6, 6.07) is 25.7. The van der Waals surface area contributed by atoms with Gasteiger partial charge in [0.05, 0.1) is 6.04 Å². The number of carboxylic acid groups (broad SMARTS) is 1. The van der Waals surface area contributed by atoms with Gasteiger partial charge in [-0.2, -0.15) is 0 Å². The molecule has 1 aliphatic rings. The first-order chi connectivity index (χ1) is 15.1. The van der Waals surface area contributed by atoms with Gasteiger partial charge >= 0.3 is 5.97 Å². The van der Waals surface area contributed by atoms with Crippen LogP contribution in [0.1, 0.15) is 42.0 Å². The molecule has 0 spiro atoms. The van der Waals surface area contributed by atoms with E-state index >= 15 is 0 Å². The summed E-state index contributed by atoms with van der Waals surface area (Å²) in [4.78, 5) is 14.1.